The van der Waals surface area contributed by atoms with Crippen LogP contribution in [0.4, 0.5) is 11.5 Å². The molecular weight excluding hydrogens is 270 g/mol. The second-order valence-corrected chi connectivity index (χ2v) is 4.13. The molecule has 0 bridgehead atoms. The molecule has 0 aromatic carbocycles. The number of aryl methyl sites for hydroxylation is 1. The van der Waals surface area contributed by atoms with E-state index in [2.05, 4.69) is 20.3 Å². The summed E-state index contributed by atoms with van der Waals surface area (Å²) in [7, 11) is 0. The largest absolute Gasteiger partial charge is 0.360 e. The molecule has 0 spiro atoms. The Bertz CT molecular complexity index is 620. The van der Waals surface area contributed by atoms with E-state index in [0.29, 0.717) is 6.54 Å². The van der Waals surface area contributed by atoms with Crippen LogP contribution in [0.15, 0.2) is 24.8 Å². The van der Waals surface area contributed by atoms with E-state index in [1.807, 2.05) is 13.0 Å². The number of hydrogen-bond donors (Lipinski definition) is 1. The fourth-order valence-electron chi connectivity index (χ4n) is 1.53. The quantitative estimate of drug-likeness (QED) is 0.524. The summed E-state index contributed by atoms with van der Waals surface area (Å²) in [5, 5.41) is 13.6. The van der Waals surface area contributed by atoms with Gasteiger partial charge in [-0.15, -0.1) is 0 Å². The summed E-state index contributed by atoms with van der Waals surface area (Å²) < 4.78 is 0. The minimum atomic E-state index is -0.607. The van der Waals surface area contributed by atoms with Crippen LogP contribution >= 0.6 is 11.6 Å². The summed E-state index contributed by atoms with van der Waals surface area (Å²) in [5.74, 6) is 0.0983. The third kappa shape index (κ3) is 2.94. The number of aromatic nitrogens is 3. The molecule has 2 aromatic rings. The first-order valence-corrected chi connectivity index (χ1v) is 5.75. The molecule has 2 aromatic heterocycles. The molecule has 2 heterocycles. The van der Waals surface area contributed by atoms with Crippen LogP contribution < -0.4 is 5.32 Å². The van der Waals surface area contributed by atoms with Crippen molar-refractivity contribution in [2.45, 2.75) is 13.5 Å². The Hall–Kier alpha value is -2.28. The van der Waals surface area contributed by atoms with E-state index in [-0.39, 0.29) is 16.7 Å². The van der Waals surface area contributed by atoms with Gasteiger partial charge in [0.2, 0.25) is 11.0 Å². The van der Waals surface area contributed by atoms with Crippen molar-refractivity contribution >= 4 is 23.1 Å². The van der Waals surface area contributed by atoms with Crippen molar-refractivity contribution in [3.63, 3.8) is 0 Å². The molecule has 7 nitrogen and oxygen atoms in total. The number of anilines is 1. The van der Waals surface area contributed by atoms with Gasteiger partial charge in [-0.1, -0.05) is 11.6 Å². The Balaban J connectivity index is 2.23. The molecule has 98 valence electrons. The van der Waals surface area contributed by atoms with Crippen molar-refractivity contribution in [1.29, 1.82) is 0 Å². The zero-order chi connectivity index (χ0) is 13.8. The molecule has 0 radical (unpaired) electrons. The fraction of sp³-hybridized carbons (Fsp3) is 0.182. The zero-order valence-corrected chi connectivity index (χ0v) is 10.8. The van der Waals surface area contributed by atoms with Crippen LogP contribution in [0.2, 0.25) is 5.15 Å². The highest BCUT2D eigenvalue weighted by Gasteiger charge is 2.21. The summed E-state index contributed by atoms with van der Waals surface area (Å²) in [4.78, 5) is 21.7. The van der Waals surface area contributed by atoms with Crippen LogP contribution in [0, 0.1) is 17.0 Å². The zero-order valence-electron chi connectivity index (χ0n) is 10.00. The van der Waals surface area contributed by atoms with Gasteiger partial charge >= 0.3 is 5.69 Å². The van der Waals surface area contributed by atoms with Crippen LogP contribution in [0.5, 0.6) is 0 Å². The Morgan fingerprint density at radius 2 is 2.26 bits per heavy atom. The maximum absolute atomic E-state index is 10.9. The molecule has 0 atom stereocenters. The molecule has 0 aliphatic rings. The van der Waals surface area contributed by atoms with E-state index in [1.165, 1.54) is 6.33 Å². The van der Waals surface area contributed by atoms with Gasteiger partial charge in [-0.3, -0.25) is 15.1 Å². The molecule has 0 saturated carbocycles. The lowest BCUT2D eigenvalue weighted by molar-refractivity contribution is -0.384. The van der Waals surface area contributed by atoms with Crippen LogP contribution in [-0.2, 0) is 6.54 Å². The molecule has 19 heavy (non-hydrogen) atoms. The van der Waals surface area contributed by atoms with Crippen molar-refractivity contribution in [3.05, 3.63) is 51.2 Å². The van der Waals surface area contributed by atoms with Gasteiger partial charge in [0.25, 0.3) is 0 Å². The van der Waals surface area contributed by atoms with Crippen molar-refractivity contribution < 1.29 is 4.92 Å². The van der Waals surface area contributed by atoms with Crippen LogP contribution in [0.3, 0.4) is 0 Å². The smallest absolute Gasteiger partial charge is 0.348 e. The number of rotatable bonds is 4. The number of halogens is 1. The predicted octanol–water partition coefficient (Wildman–Crippen LogP) is 2.35. The fourth-order valence-corrected chi connectivity index (χ4v) is 1.73. The van der Waals surface area contributed by atoms with Gasteiger partial charge in [0.05, 0.1) is 4.92 Å². The van der Waals surface area contributed by atoms with Crippen molar-refractivity contribution in [2.24, 2.45) is 0 Å². The van der Waals surface area contributed by atoms with Gasteiger partial charge < -0.3 is 5.32 Å². The first-order chi connectivity index (χ1) is 9.09. The minimum absolute atomic E-state index is 0.0983. The number of hydrogen-bond acceptors (Lipinski definition) is 6. The van der Waals surface area contributed by atoms with Gasteiger partial charge in [0.15, 0.2) is 0 Å². The maximum Gasteiger partial charge on any atom is 0.348 e. The Morgan fingerprint density at radius 1 is 1.47 bits per heavy atom. The average molecular weight is 280 g/mol. The maximum atomic E-state index is 10.9. The summed E-state index contributed by atoms with van der Waals surface area (Å²) in [6.07, 6.45) is 4.56. The summed E-state index contributed by atoms with van der Waals surface area (Å²) in [5.41, 5.74) is 1.63. The summed E-state index contributed by atoms with van der Waals surface area (Å²) in [6, 6.07) is 1.83. The molecule has 8 heteroatoms. The van der Waals surface area contributed by atoms with Crippen LogP contribution in [0.1, 0.15) is 11.1 Å². The number of pyridine rings is 1. The highest BCUT2D eigenvalue weighted by atomic mass is 35.5. The van der Waals surface area contributed by atoms with Gasteiger partial charge in [-0.2, -0.15) is 0 Å². The first kappa shape index (κ1) is 13.2. The first-order valence-electron chi connectivity index (χ1n) is 5.38. The lowest BCUT2D eigenvalue weighted by Crippen LogP contribution is -2.07. The van der Waals surface area contributed by atoms with E-state index in [0.717, 1.165) is 11.1 Å². The highest BCUT2D eigenvalue weighted by molar-refractivity contribution is 6.31. The lowest BCUT2D eigenvalue weighted by atomic mass is 10.1. The van der Waals surface area contributed by atoms with Crippen LogP contribution in [-0.4, -0.2) is 19.9 Å². The average Bonchev–Trinajstić information content (AvgIpc) is 2.37. The monoisotopic (exact) mass is 279 g/mol. The van der Waals surface area contributed by atoms with Crippen LogP contribution in [0.25, 0.3) is 0 Å². The van der Waals surface area contributed by atoms with Gasteiger partial charge in [0.1, 0.15) is 6.33 Å². The second-order valence-electron chi connectivity index (χ2n) is 3.77. The number of nitrogens with zero attached hydrogens (tertiary/aromatic N) is 4. The molecule has 0 aliphatic carbocycles. The number of nitro groups is 1. The van der Waals surface area contributed by atoms with E-state index in [1.54, 1.807) is 12.4 Å². The van der Waals surface area contributed by atoms with Crippen molar-refractivity contribution in [3.8, 4) is 0 Å². The topological polar surface area (TPSA) is 93.8 Å². The predicted molar refractivity (Wildman–Crippen MR) is 70.0 cm³/mol. The van der Waals surface area contributed by atoms with Gasteiger partial charge in [-0.25, -0.2) is 9.97 Å². The molecule has 0 amide bonds. The third-order valence-electron chi connectivity index (χ3n) is 2.54. The van der Waals surface area contributed by atoms with Gasteiger partial charge in [0, 0.05) is 18.9 Å². The molecule has 1 N–H and O–H groups in total. The van der Waals surface area contributed by atoms with E-state index in [9.17, 15) is 10.1 Å². The summed E-state index contributed by atoms with van der Waals surface area (Å²) >= 11 is 5.69. The van der Waals surface area contributed by atoms with E-state index < -0.39 is 4.92 Å². The standard InChI is InChI=1S/C11H10ClN5O2/c1-7-4-13-3-2-8(7)5-14-11-9(17(18)19)10(12)15-6-16-11/h2-4,6H,5H2,1H3,(H,14,15,16). The Kier molecular flexibility index (Phi) is 3.86. The number of nitrogens with one attached hydrogen (secondary N) is 1. The SMILES string of the molecule is Cc1cnccc1CNc1ncnc(Cl)c1[N+](=O)[O-]. The van der Waals surface area contributed by atoms with Crippen molar-refractivity contribution in [2.75, 3.05) is 5.32 Å². The van der Waals surface area contributed by atoms with E-state index >= 15 is 0 Å². The van der Waals surface area contributed by atoms with Crippen molar-refractivity contribution in [1.82, 2.24) is 15.0 Å². The molecule has 0 unspecified atom stereocenters. The third-order valence-corrected chi connectivity index (χ3v) is 2.82. The molecular formula is C11H10ClN5O2. The molecule has 2 rings (SSSR count). The normalized spacial score (nSPS) is 10.2. The molecule has 0 aliphatic heterocycles. The molecule has 0 fully saturated rings. The van der Waals surface area contributed by atoms with Gasteiger partial charge in [-0.05, 0) is 24.1 Å². The Morgan fingerprint density at radius 3 is 2.95 bits per heavy atom. The minimum Gasteiger partial charge on any atom is -0.360 e. The lowest BCUT2D eigenvalue weighted by Gasteiger charge is -2.08. The Labute approximate surface area is 113 Å². The molecule has 0 saturated heterocycles. The second kappa shape index (κ2) is 5.57. The van der Waals surface area contributed by atoms with E-state index in [4.69, 9.17) is 11.6 Å². The summed E-state index contributed by atoms with van der Waals surface area (Å²) in [6.45, 7) is 2.30. The highest BCUT2D eigenvalue weighted by Crippen LogP contribution is 2.28.